The maximum atomic E-state index is 12.6. The first kappa shape index (κ1) is 12.2. The number of halogens is 3. The van der Waals surface area contributed by atoms with Crippen molar-refractivity contribution in [2.75, 3.05) is 5.73 Å². The van der Waals surface area contributed by atoms with Crippen molar-refractivity contribution >= 4 is 5.69 Å². The van der Waals surface area contributed by atoms with Crippen LogP contribution in [0.15, 0.2) is 18.2 Å². The van der Waals surface area contributed by atoms with Crippen molar-refractivity contribution in [1.29, 1.82) is 5.26 Å². The van der Waals surface area contributed by atoms with Gasteiger partial charge in [0.05, 0.1) is 5.56 Å². The molecule has 1 unspecified atom stereocenters. The lowest BCUT2D eigenvalue weighted by Crippen LogP contribution is -2.14. The predicted octanol–water partition coefficient (Wildman–Crippen LogP) is 2.58. The van der Waals surface area contributed by atoms with Crippen LogP contribution in [-0.2, 0) is 6.18 Å². The Balaban J connectivity index is 3.14. The van der Waals surface area contributed by atoms with Gasteiger partial charge in [-0.1, -0.05) is 0 Å². The first-order valence-electron chi connectivity index (χ1n) is 4.37. The van der Waals surface area contributed by atoms with Gasteiger partial charge in [-0.25, -0.2) is 0 Å². The molecule has 1 aromatic rings. The normalized spacial score (nSPS) is 12.9. The first-order valence-corrected chi connectivity index (χ1v) is 4.37. The molecule has 0 heterocycles. The molecule has 0 bridgehead atoms. The lowest BCUT2D eigenvalue weighted by molar-refractivity contribution is -0.139. The molecule has 0 aromatic heterocycles. The van der Waals surface area contributed by atoms with Gasteiger partial charge in [0, 0.05) is 5.69 Å². The van der Waals surface area contributed by atoms with E-state index in [0.29, 0.717) is 0 Å². The third kappa shape index (κ3) is 2.79. The molecule has 0 fully saturated rings. The van der Waals surface area contributed by atoms with Crippen LogP contribution in [0.5, 0.6) is 5.75 Å². The van der Waals surface area contributed by atoms with Crippen molar-refractivity contribution < 1.29 is 17.9 Å². The molecule has 0 saturated carbocycles. The smallest absolute Gasteiger partial charge is 0.420 e. The lowest BCUT2D eigenvalue weighted by Gasteiger charge is -2.15. The van der Waals surface area contributed by atoms with Crippen molar-refractivity contribution in [3.05, 3.63) is 23.8 Å². The number of alkyl halides is 3. The highest BCUT2D eigenvalue weighted by molar-refractivity contribution is 5.49. The van der Waals surface area contributed by atoms with Crippen LogP contribution in [0.2, 0.25) is 0 Å². The Kier molecular flexibility index (Phi) is 3.28. The zero-order valence-electron chi connectivity index (χ0n) is 8.38. The highest BCUT2D eigenvalue weighted by atomic mass is 19.4. The second kappa shape index (κ2) is 4.31. The van der Waals surface area contributed by atoms with Gasteiger partial charge in [0.1, 0.15) is 11.8 Å². The molecule has 0 aliphatic carbocycles. The molecule has 2 N–H and O–H groups in total. The Hall–Kier alpha value is -1.90. The third-order valence-corrected chi connectivity index (χ3v) is 1.79. The monoisotopic (exact) mass is 230 g/mol. The summed E-state index contributed by atoms with van der Waals surface area (Å²) in [6.07, 6.45) is -5.51. The van der Waals surface area contributed by atoms with Crippen LogP contribution in [0.4, 0.5) is 18.9 Å². The molecule has 3 nitrogen and oxygen atoms in total. The van der Waals surface area contributed by atoms with E-state index in [4.69, 9.17) is 15.7 Å². The summed E-state index contributed by atoms with van der Waals surface area (Å²) in [7, 11) is 0. The number of nitrogens with zero attached hydrogens (tertiary/aromatic N) is 1. The Morgan fingerprint density at radius 1 is 1.44 bits per heavy atom. The maximum absolute atomic E-state index is 12.6. The van der Waals surface area contributed by atoms with Gasteiger partial charge in [-0.2, -0.15) is 18.4 Å². The molecule has 0 aliphatic rings. The number of hydrogen-bond donors (Lipinski definition) is 1. The van der Waals surface area contributed by atoms with Gasteiger partial charge >= 0.3 is 6.18 Å². The zero-order valence-corrected chi connectivity index (χ0v) is 8.38. The molecule has 0 radical (unpaired) electrons. The summed E-state index contributed by atoms with van der Waals surface area (Å²) in [6.45, 7) is 1.36. The summed E-state index contributed by atoms with van der Waals surface area (Å²) in [5, 5.41) is 8.46. The number of anilines is 1. The minimum atomic E-state index is -4.56. The van der Waals surface area contributed by atoms with Crippen molar-refractivity contribution in [1.82, 2.24) is 0 Å². The van der Waals surface area contributed by atoms with E-state index in [0.717, 1.165) is 12.1 Å². The molecule has 16 heavy (non-hydrogen) atoms. The average molecular weight is 230 g/mol. The Labute approximate surface area is 90.2 Å². The van der Waals surface area contributed by atoms with Gasteiger partial charge in [0.25, 0.3) is 0 Å². The molecule has 1 aromatic carbocycles. The molecule has 0 spiro atoms. The van der Waals surface area contributed by atoms with E-state index >= 15 is 0 Å². The van der Waals surface area contributed by atoms with Crippen LogP contribution in [-0.4, -0.2) is 6.10 Å². The van der Waals surface area contributed by atoms with Gasteiger partial charge in [-0.3, -0.25) is 0 Å². The van der Waals surface area contributed by atoms with Gasteiger partial charge in [0.2, 0.25) is 0 Å². The standard InChI is InChI=1S/C10H9F3N2O/c1-6(5-14)16-9-3-2-7(15)4-8(9)10(11,12)13/h2-4,6H,15H2,1H3. The van der Waals surface area contributed by atoms with E-state index in [1.807, 2.05) is 0 Å². The number of hydrogen-bond acceptors (Lipinski definition) is 3. The number of rotatable bonds is 2. The van der Waals surface area contributed by atoms with Crippen molar-refractivity contribution in [2.45, 2.75) is 19.2 Å². The third-order valence-electron chi connectivity index (χ3n) is 1.79. The number of ether oxygens (including phenoxy) is 1. The molecule has 0 aliphatic heterocycles. The van der Waals surface area contributed by atoms with E-state index in [2.05, 4.69) is 0 Å². The van der Waals surface area contributed by atoms with Gasteiger partial charge in [-0.15, -0.1) is 0 Å². The van der Waals surface area contributed by atoms with E-state index in [1.165, 1.54) is 13.0 Å². The van der Waals surface area contributed by atoms with Crippen LogP contribution in [0, 0.1) is 11.3 Å². The van der Waals surface area contributed by atoms with Gasteiger partial charge in [-0.05, 0) is 25.1 Å². The van der Waals surface area contributed by atoms with E-state index in [9.17, 15) is 13.2 Å². The number of nitrogens with two attached hydrogens (primary N) is 1. The highest BCUT2D eigenvalue weighted by Gasteiger charge is 2.34. The highest BCUT2D eigenvalue weighted by Crippen LogP contribution is 2.37. The molecular weight excluding hydrogens is 221 g/mol. The zero-order chi connectivity index (χ0) is 12.3. The molecule has 1 rings (SSSR count). The SMILES string of the molecule is CC(C#N)Oc1ccc(N)cc1C(F)(F)F. The minimum absolute atomic E-state index is 0.00992. The van der Waals surface area contributed by atoms with Gasteiger partial charge < -0.3 is 10.5 Å². The Morgan fingerprint density at radius 3 is 2.56 bits per heavy atom. The largest absolute Gasteiger partial charge is 0.475 e. The second-order valence-corrected chi connectivity index (χ2v) is 3.14. The summed E-state index contributed by atoms with van der Waals surface area (Å²) in [4.78, 5) is 0. The number of benzene rings is 1. The van der Waals surface area contributed by atoms with E-state index in [1.54, 1.807) is 6.07 Å². The van der Waals surface area contributed by atoms with E-state index < -0.39 is 23.6 Å². The summed E-state index contributed by atoms with van der Waals surface area (Å²) >= 11 is 0. The quantitative estimate of drug-likeness (QED) is 0.794. The number of nitriles is 1. The van der Waals surface area contributed by atoms with Crippen LogP contribution in [0.25, 0.3) is 0 Å². The second-order valence-electron chi connectivity index (χ2n) is 3.14. The maximum Gasteiger partial charge on any atom is 0.420 e. The molecule has 0 amide bonds. The Morgan fingerprint density at radius 2 is 2.06 bits per heavy atom. The fourth-order valence-electron chi connectivity index (χ4n) is 1.09. The van der Waals surface area contributed by atoms with E-state index in [-0.39, 0.29) is 5.69 Å². The number of nitrogen functional groups attached to an aromatic ring is 1. The van der Waals surface area contributed by atoms with Crippen LogP contribution < -0.4 is 10.5 Å². The molecule has 6 heteroatoms. The fourth-order valence-corrected chi connectivity index (χ4v) is 1.09. The van der Waals surface area contributed by atoms with Crippen LogP contribution in [0.1, 0.15) is 12.5 Å². The summed E-state index contributed by atoms with van der Waals surface area (Å²) in [5.74, 6) is -0.393. The summed E-state index contributed by atoms with van der Waals surface area (Å²) in [6, 6.07) is 4.85. The summed E-state index contributed by atoms with van der Waals surface area (Å²) in [5.41, 5.74) is 4.28. The van der Waals surface area contributed by atoms with Crippen molar-refractivity contribution in [3.63, 3.8) is 0 Å². The van der Waals surface area contributed by atoms with Crippen molar-refractivity contribution in [2.24, 2.45) is 0 Å². The average Bonchev–Trinajstić information content (AvgIpc) is 2.19. The minimum Gasteiger partial charge on any atom is -0.475 e. The van der Waals surface area contributed by atoms with Gasteiger partial charge in [0.15, 0.2) is 6.10 Å². The lowest BCUT2D eigenvalue weighted by atomic mass is 10.1. The topological polar surface area (TPSA) is 59.0 Å². The molecule has 86 valence electrons. The van der Waals surface area contributed by atoms with Crippen molar-refractivity contribution in [3.8, 4) is 11.8 Å². The van der Waals surface area contributed by atoms with Crippen LogP contribution in [0.3, 0.4) is 0 Å². The predicted molar refractivity (Wildman–Crippen MR) is 51.6 cm³/mol. The fraction of sp³-hybridized carbons (Fsp3) is 0.300. The van der Waals surface area contributed by atoms with Crippen LogP contribution >= 0.6 is 0 Å². The molecular formula is C10H9F3N2O. The molecule has 1 atom stereocenters. The first-order chi connectivity index (χ1) is 7.34. The molecule has 0 saturated heterocycles. The Bertz CT molecular complexity index is 423. The summed E-state index contributed by atoms with van der Waals surface area (Å²) < 4.78 is 42.5.